The van der Waals surface area contributed by atoms with E-state index in [4.69, 9.17) is 23.7 Å². The number of carboxylic acid groups (broad SMARTS) is 1. The molecule has 6 atom stereocenters. The van der Waals surface area contributed by atoms with Crippen molar-refractivity contribution in [2.24, 2.45) is 0 Å². The first-order valence-corrected chi connectivity index (χ1v) is 28.0. The molecule has 1 rings (SSSR count). The van der Waals surface area contributed by atoms with Gasteiger partial charge in [-0.25, -0.2) is 4.79 Å². The molecule has 0 aromatic rings. The van der Waals surface area contributed by atoms with E-state index in [0.29, 0.717) is 19.3 Å². The van der Waals surface area contributed by atoms with Crippen LogP contribution in [0.4, 0.5) is 0 Å². The van der Waals surface area contributed by atoms with Crippen molar-refractivity contribution in [1.82, 2.24) is 0 Å². The third kappa shape index (κ3) is 36.5. The number of hydrogen-bond acceptors (Lipinski definition) is 11. The predicted octanol–water partition coefficient (Wildman–Crippen LogP) is 13.7. The molecule has 0 bridgehead atoms. The Morgan fingerprint density at radius 3 is 1.36 bits per heavy atom. The number of rotatable bonds is 47. The van der Waals surface area contributed by atoms with E-state index in [-0.39, 0.29) is 25.9 Å². The summed E-state index contributed by atoms with van der Waals surface area (Å²) in [5, 5.41) is 31.4. The number of hydrogen-bond donors (Lipinski definition) is 3. The van der Waals surface area contributed by atoms with Gasteiger partial charge >= 0.3 is 23.9 Å². The highest BCUT2D eigenvalue weighted by molar-refractivity contribution is 5.74. The van der Waals surface area contributed by atoms with Gasteiger partial charge in [-0.15, -0.1) is 0 Å². The van der Waals surface area contributed by atoms with Gasteiger partial charge in [-0.1, -0.05) is 192 Å². The highest BCUT2D eigenvalue weighted by Crippen LogP contribution is 2.26. The molecule has 0 saturated carbocycles. The molecule has 1 aliphatic rings. The Balaban J connectivity index is 2.72. The molecular weight excluding hydrogens is 877 g/mol. The summed E-state index contributed by atoms with van der Waals surface area (Å²) < 4.78 is 28.3. The van der Waals surface area contributed by atoms with E-state index in [1.54, 1.807) is 0 Å². The smallest absolute Gasteiger partial charge is 0.335 e. The van der Waals surface area contributed by atoms with Gasteiger partial charge in [-0.2, -0.15) is 0 Å². The number of carboxylic acids is 1. The van der Waals surface area contributed by atoms with Crippen LogP contribution in [0.2, 0.25) is 0 Å². The molecule has 0 amide bonds. The average molecular weight is 977 g/mol. The fraction of sp³-hybridized carbons (Fsp3) is 0.825. The highest BCUT2D eigenvalue weighted by atomic mass is 16.7. The van der Waals surface area contributed by atoms with E-state index in [2.05, 4.69) is 57.2 Å². The van der Waals surface area contributed by atoms with E-state index in [0.717, 1.165) is 109 Å². The lowest BCUT2D eigenvalue weighted by Gasteiger charge is -2.40. The van der Waals surface area contributed by atoms with E-state index >= 15 is 0 Å². The zero-order valence-corrected chi connectivity index (χ0v) is 43.8. The van der Waals surface area contributed by atoms with Crippen LogP contribution in [0.3, 0.4) is 0 Å². The Kier molecular flexibility index (Phi) is 42.7. The van der Waals surface area contributed by atoms with Crippen LogP contribution in [-0.2, 0) is 42.9 Å². The van der Waals surface area contributed by atoms with Gasteiger partial charge in [0.1, 0.15) is 18.8 Å². The van der Waals surface area contributed by atoms with Crippen LogP contribution < -0.4 is 0 Å². The minimum absolute atomic E-state index is 0.0621. The molecule has 1 fully saturated rings. The molecule has 400 valence electrons. The minimum Gasteiger partial charge on any atom is -0.479 e. The van der Waals surface area contributed by atoms with Crippen LogP contribution in [0, 0.1) is 0 Å². The molecular formula is C57H100O12. The summed E-state index contributed by atoms with van der Waals surface area (Å²) in [4.78, 5) is 50.9. The maximum atomic E-state index is 13.1. The van der Waals surface area contributed by atoms with Gasteiger partial charge < -0.3 is 39.0 Å². The minimum atomic E-state index is -1.90. The van der Waals surface area contributed by atoms with Gasteiger partial charge in [0, 0.05) is 19.3 Å². The average Bonchev–Trinajstić information content (AvgIpc) is 3.33. The zero-order chi connectivity index (χ0) is 50.4. The normalized spacial score (nSPS) is 18.9. The third-order valence-electron chi connectivity index (χ3n) is 12.7. The Hall–Kier alpha value is -3.06. The van der Waals surface area contributed by atoms with Crippen molar-refractivity contribution in [2.45, 2.75) is 289 Å². The number of carbonyl (C=O) groups is 4. The zero-order valence-electron chi connectivity index (χ0n) is 43.8. The first-order chi connectivity index (χ1) is 33.6. The molecule has 0 aliphatic carbocycles. The Morgan fingerprint density at radius 2 is 0.870 bits per heavy atom. The molecule has 12 heteroatoms. The molecule has 3 N–H and O–H groups in total. The highest BCUT2D eigenvalue weighted by Gasteiger charge is 2.50. The van der Waals surface area contributed by atoms with Crippen molar-refractivity contribution < 1.29 is 58.2 Å². The second kappa shape index (κ2) is 46.0. The van der Waals surface area contributed by atoms with Crippen LogP contribution in [0.1, 0.15) is 252 Å². The Bertz CT molecular complexity index is 1350. The monoisotopic (exact) mass is 977 g/mol. The number of carbonyl (C=O) groups excluding carboxylic acids is 3. The number of aliphatic hydroxyl groups excluding tert-OH is 2. The number of ether oxygens (including phenoxy) is 5. The van der Waals surface area contributed by atoms with Crippen molar-refractivity contribution >= 4 is 23.9 Å². The third-order valence-corrected chi connectivity index (χ3v) is 12.7. The number of unbranched alkanes of at least 4 members (excludes halogenated alkanes) is 27. The summed E-state index contributed by atoms with van der Waals surface area (Å²) in [6, 6.07) is 0. The van der Waals surface area contributed by atoms with Crippen LogP contribution in [-0.4, -0.2) is 89.2 Å². The fourth-order valence-electron chi connectivity index (χ4n) is 8.33. The van der Waals surface area contributed by atoms with Gasteiger partial charge in [-0.3, -0.25) is 14.4 Å². The van der Waals surface area contributed by atoms with E-state index in [9.17, 15) is 34.5 Å². The Labute approximate surface area is 419 Å². The summed E-state index contributed by atoms with van der Waals surface area (Å²) in [5.74, 6) is -3.13. The van der Waals surface area contributed by atoms with Crippen molar-refractivity contribution in [3.05, 3.63) is 36.5 Å². The first-order valence-electron chi connectivity index (χ1n) is 28.0. The second-order valence-electron chi connectivity index (χ2n) is 19.2. The lowest BCUT2D eigenvalue weighted by Crippen LogP contribution is -2.61. The van der Waals surface area contributed by atoms with Gasteiger partial charge in [0.2, 0.25) is 0 Å². The summed E-state index contributed by atoms with van der Waals surface area (Å²) >= 11 is 0. The molecule has 6 unspecified atom stereocenters. The molecule has 1 saturated heterocycles. The first kappa shape index (κ1) is 64.0. The quantitative estimate of drug-likeness (QED) is 0.0228. The van der Waals surface area contributed by atoms with Crippen LogP contribution in [0.5, 0.6) is 0 Å². The van der Waals surface area contributed by atoms with E-state index < -0.39 is 67.3 Å². The molecule has 0 aromatic heterocycles. The van der Waals surface area contributed by atoms with Crippen LogP contribution in [0.15, 0.2) is 36.5 Å². The fourth-order valence-corrected chi connectivity index (χ4v) is 8.33. The maximum Gasteiger partial charge on any atom is 0.335 e. The Morgan fingerprint density at radius 1 is 0.478 bits per heavy atom. The summed E-state index contributed by atoms with van der Waals surface area (Å²) in [5.41, 5.74) is 0. The predicted molar refractivity (Wildman–Crippen MR) is 276 cm³/mol. The van der Waals surface area contributed by atoms with E-state index in [1.165, 1.54) is 83.5 Å². The standard InChI is InChI=1S/C57H100O12/c1-4-7-10-13-16-19-22-24-25-27-29-31-34-37-40-43-49(58)65-46-48(67-50(59)44-41-38-35-33-30-26-23-20-17-14-11-8-5-2)47-66-57-55(53(62)52(61)54(69-57)56(63)64)68-51(60)45-42-39-36-32-28-21-18-15-12-9-6-3/h16,19-20,23-25,48,52-55,57,61-62H,4-15,17-18,21-22,26-47H2,1-3H3,(H,63,64)/b19-16-,23-20-,25-24-. The molecule has 0 radical (unpaired) electrons. The molecule has 1 heterocycles. The van der Waals surface area contributed by atoms with Crippen molar-refractivity contribution in [3.63, 3.8) is 0 Å². The van der Waals surface area contributed by atoms with Crippen LogP contribution >= 0.6 is 0 Å². The van der Waals surface area contributed by atoms with Gasteiger partial charge in [0.05, 0.1) is 6.61 Å². The van der Waals surface area contributed by atoms with Gasteiger partial charge in [0.15, 0.2) is 24.6 Å². The molecule has 1 aliphatic heterocycles. The second-order valence-corrected chi connectivity index (χ2v) is 19.2. The van der Waals surface area contributed by atoms with Crippen molar-refractivity contribution in [2.75, 3.05) is 13.2 Å². The number of aliphatic carboxylic acids is 1. The lowest BCUT2D eigenvalue weighted by atomic mass is 9.98. The maximum absolute atomic E-state index is 13.1. The summed E-state index contributed by atoms with van der Waals surface area (Å²) in [6.45, 7) is 5.91. The molecule has 12 nitrogen and oxygen atoms in total. The summed E-state index contributed by atoms with van der Waals surface area (Å²) in [6.07, 6.45) is 39.8. The molecule has 0 spiro atoms. The largest absolute Gasteiger partial charge is 0.479 e. The number of aliphatic hydroxyl groups is 2. The SMILES string of the molecule is CCCCC/C=C\C/C=C\CCCCCCCC(=O)OCC(COC1OC(C(=O)O)C(O)C(O)C1OC(=O)CCCCCCCCCCCCC)OC(=O)CCCCCCC/C=C\CCCCCC. The molecule has 69 heavy (non-hydrogen) atoms. The lowest BCUT2D eigenvalue weighted by molar-refractivity contribution is -0.301. The summed E-state index contributed by atoms with van der Waals surface area (Å²) in [7, 11) is 0. The number of esters is 3. The van der Waals surface area contributed by atoms with Crippen LogP contribution in [0.25, 0.3) is 0 Å². The van der Waals surface area contributed by atoms with Gasteiger partial charge in [-0.05, 0) is 77.0 Å². The van der Waals surface area contributed by atoms with Crippen molar-refractivity contribution in [3.8, 4) is 0 Å². The van der Waals surface area contributed by atoms with E-state index in [1.807, 2.05) is 0 Å². The topological polar surface area (TPSA) is 175 Å². The molecule has 0 aromatic carbocycles. The van der Waals surface area contributed by atoms with Gasteiger partial charge in [0.25, 0.3) is 0 Å². The van der Waals surface area contributed by atoms with Crippen molar-refractivity contribution in [1.29, 1.82) is 0 Å². The number of allylic oxidation sites excluding steroid dienone is 6.